The van der Waals surface area contributed by atoms with Crippen molar-refractivity contribution in [1.29, 1.82) is 5.26 Å². The van der Waals surface area contributed by atoms with Crippen molar-refractivity contribution in [3.05, 3.63) is 60.3 Å². The van der Waals surface area contributed by atoms with E-state index in [1.807, 2.05) is 30.5 Å². The highest BCUT2D eigenvalue weighted by Gasteiger charge is 2.00. The highest BCUT2D eigenvalue weighted by atomic mass is 15.1. The number of nitrogens with one attached hydrogen (secondary N) is 1. The van der Waals surface area contributed by atoms with Crippen LogP contribution in [-0.4, -0.2) is 4.98 Å². The molecule has 1 N–H and O–H groups in total. The molecule has 0 saturated heterocycles. The highest BCUT2D eigenvalue weighted by Crippen LogP contribution is 2.27. The van der Waals surface area contributed by atoms with E-state index in [-0.39, 0.29) is 0 Å². The van der Waals surface area contributed by atoms with Gasteiger partial charge < -0.3 is 4.98 Å². The molecule has 0 aliphatic carbocycles. The van der Waals surface area contributed by atoms with Crippen molar-refractivity contribution in [3.8, 4) is 6.07 Å². The summed E-state index contributed by atoms with van der Waals surface area (Å²) in [6, 6.07) is 17.0. The van der Waals surface area contributed by atoms with E-state index in [1.165, 1.54) is 0 Å². The molecule has 0 aliphatic heterocycles. The zero-order valence-corrected chi connectivity index (χ0v) is 10.0. The Hall–Kier alpha value is -2.93. The lowest BCUT2D eigenvalue weighted by Gasteiger charge is -1.92. The molecule has 0 radical (unpaired) electrons. The summed E-state index contributed by atoms with van der Waals surface area (Å²) in [6.07, 6.45) is 1.83. The molecular formula is C15H10N4. The zero-order chi connectivity index (χ0) is 13.1. The molecule has 0 atom stereocenters. The number of fused-ring (bicyclic) bond motifs is 1. The van der Waals surface area contributed by atoms with Gasteiger partial charge in [0.1, 0.15) is 5.69 Å². The van der Waals surface area contributed by atoms with Gasteiger partial charge in [0, 0.05) is 17.1 Å². The number of H-pyrrole nitrogens is 1. The Morgan fingerprint density at radius 3 is 2.53 bits per heavy atom. The van der Waals surface area contributed by atoms with Crippen LogP contribution in [0.2, 0.25) is 0 Å². The van der Waals surface area contributed by atoms with Gasteiger partial charge in [0.15, 0.2) is 0 Å². The molecule has 0 bridgehead atoms. The molecule has 0 spiro atoms. The van der Waals surface area contributed by atoms with E-state index in [2.05, 4.69) is 21.3 Å². The van der Waals surface area contributed by atoms with Crippen LogP contribution in [-0.2, 0) is 0 Å². The number of aromatic amines is 1. The van der Waals surface area contributed by atoms with Gasteiger partial charge in [0.05, 0.1) is 17.3 Å². The summed E-state index contributed by atoms with van der Waals surface area (Å²) in [6.45, 7) is 0. The smallest absolute Gasteiger partial charge is 0.111 e. The fourth-order valence-corrected chi connectivity index (χ4v) is 1.85. The van der Waals surface area contributed by atoms with E-state index in [1.54, 1.807) is 24.3 Å². The highest BCUT2D eigenvalue weighted by molar-refractivity contribution is 5.90. The standard InChI is InChI=1S/C15H10N4/c16-9-11-5-7-12(8-6-11)18-19-15-10-17-14-4-2-1-3-13(14)15/h1-8,10,17H. The van der Waals surface area contributed by atoms with Gasteiger partial charge in [0.25, 0.3) is 0 Å². The maximum atomic E-state index is 8.72. The second-order valence-electron chi connectivity index (χ2n) is 4.08. The van der Waals surface area contributed by atoms with Crippen molar-refractivity contribution in [2.75, 3.05) is 0 Å². The second kappa shape index (κ2) is 4.75. The van der Waals surface area contributed by atoms with Crippen LogP contribution in [0.4, 0.5) is 11.4 Å². The molecule has 0 unspecified atom stereocenters. The molecule has 0 fully saturated rings. The Bertz CT molecular complexity index is 776. The summed E-state index contributed by atoms with van der Waals surface area (Å²) in [5.74, 6) is 0. The molecule has 90 valence electrons. The van der Waals surface area contributed by atoms with E-state index in [0.29, 0.717) is 5.56 Å². The van der Waals surface area contributed by atoms with Gasteiger partial charge in [-0.3, -0.25) is 0 Å². The molecule has 2 aromatic carbocycles. The lowest BCUT2D eigenvalue weighted by molar-refractivity contribution is 1.24. The third-order valence-corrected chi connectivity index (χ3v) is 2.84. The van der Waals surface area contributed by atoms with Crippen molar-refractivity contribution < 1.29 is 0 Å². The molecule has 3 aromatic rings. The van der Waals surface area contributed by atoms with Crippen molar-refractivity contribution in [2.24, 2.45) is 10.2 Å². The van der Waals surface area contributed by atoms with Gasteiger partial charge in [-0.2, -0.15) is 10.4 Å². The molecule has 4 heteroatoms. The van der Waals surface area contributed by atoms with Gasteiger partial charge in [-0.05, 0) is 30.3 Å². The van der Waals surface area contributed by atoms with Crippen LogP contribution < -0.4 is 0 Å². The van der Waals surface area contributed by atoms with Gasteiger partial charge in [-0.25, -0.2) is 0 Å². The lowest BCUT2D eigenvalue weighted by Crippen LogP contribution is -1.70. The SMILES string of the molecule is N#Cc1ccc(N=Nc2c[nH]c3ccccc23)cc1. The van der Waals surface area contributed by atoms with Crippen molar-refractivity contribution in [3.63, 3.8) is 0 Å². The monoisotopic (exact) mass is 246 g/mol. The summed E-state index contributed by atoms with van der Waals surface area (Å²) in [7, 11) is 0. The number of benzene rings is 2. The number of aromatic nitrogens is 1. The number of azo groups is 1. The van der Waals surface area contributed by atoms with Crippen LogP contribution in [0, 0.1) is 11.3 Å². The minimum absolute atomic E-state index is 0.617. The first-order valence-electron chi connectivity index (χ1n) is 5.85. The van der Waals surface area contributed by atoms with Crippen LogP contribution in [0.15, 0.2) is 65.0 Å². The molecule has 0 saturated carbocycles. The lowest BCUT2D eigenvalue weighted by atomic mass is 10.2. The van der Waals surface area contributed by atoms with Crippen molar-refractivity contribution in [1.82, 2.24) is 4.98 Å². The molecule has 4 nitrogen and oxygen atoms in total. The Morgan fingerprint density at radius 2 is 1.74 bits per heavy atom. The number of nitrogens with zero attached hydrogens (tertiary/aromatic N) is 3. The molecule has 19 heavy (non-hydrogen) atoms. The van der Waals surface area contributed by atoms with Gasteiger partial charge in [-0.15, -0.1) is 5.11 Å². The van der Waals surface area contributed by atoms with E-state index < -0.39 is 0 Å². The summed E-state index contributed by atoms with van der Waals surface area (Å²) in [5, 5.41) is 18.2. The summed E-state index contributed by atoms with van der Waals surface area (Å²) >= 11 is 0. The third-order valence-electron chi connectivity index (χ3n) is 2.84. The van der Waals surface area contributed by atoms with Crippen molar-refractivity contribution >= 4 is 22.3 Å². The van der Waals surface area contributed by atoms with Gasteiger partial charge >= 0.3 is 0 Å². The first kappa shape index (κ1) is 11.2. The number of rotatable bonds is 2. The van der Waals surface area contributed by atoms with E-state index >= 15 is 0 Å². The van der Waals surface area contributed by atoms with Crippen LogP contribution in [0.3, 0.4) is 0 Å². The van der Waals surface area contributed by atoms with E-state index in [0.717, 1.165) is 22.3 Å². The first-order chi connectivity index (χ1) is 9.36. The second-order valence-corrected chi connectivity index (χ2v) is 4.08. The summed E-state index contributed by atoms with van der Waals surface area (Å²) in [5.41, 5.74) is 3.19. The Balaban J connectivity index is 1.91. The first-order valence-corrected chi connectivity index (χ1v) is 5.85. The topological polar surface area (TPSA) is 64.3 Å². The van der Waals surface area contributed by atoms with E-state index in [4.69, 9.17) is 5.26 Å². The average molecular weight is 246 g/mol. The van der Waals surface area contributed by atoms with Crippen LogP contribution in [0.1, 0.15) is 5.56 Å². The molecule has 0 aliphatic rings. The fourth-order valence-electron chi connectivity index (χ4n) is 1.85. The van der Waals surface area contributed by atoms with Crippen LogP contribution in [0.5, 0.6) is 0 Å². The zero-order valence-electron chi connectivity index (χ0n) is 10.0. The number of para-hydroxylation sites is 1. The Labute approximate surface area is 110 Å². The summed E-state index contributed by atoms with van der Waals surface area (Å²) < 4.78 is 0. The molecule has 1 aromatic heterocycles. The number of nitriles is 1. The minimum atomic E-state index is 0.617. The van der Waals surface area contributed by atoms with Crippen LogP contribution in [0.25, 0.3) is 10.9 Å². The average Bonchev–Trinajstić information content (AvgIpc) is 2.89. The Morgan fingerprint density at radius 1 is 0.947 bits per heavy atom. The van der Waals surface area contributed by atoms with Gasteiger partial charge in [-0.1, -0.05) is 18.2 Å². The third kappa shape index (κ3) is 2.22. The maximum Gasteiger partial charge on any atom is 0.111 e. The largest absolute Gasteiger partial charge is 0.359 e. The molecule has 1 heterocycles. The van der Waals surface area contributed by atoms with Gasteiger partial charge in [0.2, 0.25) is 0 Å². The number of hydrogen-bond donors (Lipinski definition) is 1. The molecular weight excluding hydrogens is 236 g/mol. The fraction of sp³-hybridized carbons (Fsp3) is 0. The predicted octanol–water partition coefficient (Wildman–Crippen LogP) is 4.45. The predicted molar refractivity (Wildman–Crippen MR) is 73.6 cm³/mol. The Kier molecular flexibility index (Phi) is 2.79. The summed E-state index contributed by atoms with van der Waals surface area (Å²) in [4.78, 5) is 3.15. The van der Waals surface area contributed by atoms with Crippen LogP contribution >= 0.6 is 0 Å². The maximum absolute atomic E-state index is 8.72. The van der Waals surface area contributed by atoms with E-state index in [9.17, 15) is 0 Å². The molecule has 0 amide bonds. The quantitative estimate of drug-likeness (QED) is 0.667. The van der Waals surface area contributed by atoms with Crippen molar-refractivity contribution in [2.45, 2.75) is 0 Å². The molecule has 3 rings (SSSR count). The normalized spacial score (nSPS) is 10.9. The number of hydrogen-bond acceptors (Lipinski definition) is 3. The minimum Gasteiger partial charge on any atom is -0.359 e.